The molecule has 0 aliphatic rings. The molecule has 0 aliphatic heterocycles. The summed E-state index contributed by atoms with van der Waals surface area (Å²) in [7, 11) is -0.535. The van der Waals surface area contributed by atoms with Crippen LogP contribution in [0.4, 0.5) is 0 Å². The fourth-order valence-electron chi connectivity index (χ4n) is 1.52. The van der Waals surface area contributed by atoms with E-state index < -0.39 is 16.1 Å². The van der Waals surface area contributed by atoms with Crippen LogP contribution < -0.4 is 4.72 Å². The zero-order chi connectivity index (χ0) is 14.8. The molecule has 0 bridgehead atoms. The average Bonchev–Trinajstić information content (AvgIpc) is 2.30. The highest BCUT2D eigenvalue weighted by molar-refractivity contribution is 9.10. The van der Waals surface area contributed by atoms with Crippen molar-refractivity contribution in [2.24, 2.45) is 0 Å². The second-order valence-corrected chi connectivity index (χ2v) is 7.05. The van der Waals surface area contributed by atoms with Crippen LogP contribution in [-0.4, -0.2) is 39.4 Å². The zero-order valence-corrected chi connectivity index (χ0v) is 13.7. The molecule has 5 nitrogen and oxygen atoms in total. The number of halogens is 1. The van der Waals surface area contributed by atoms with Crippen LogP contribution in [0, 0.1) is 6.92 Å². The summed E-state index contributed by atoms with van der Waals surface area (Å²) in [5, 5.41) is 0. The standard InChI is InChI=1S/C12H17BrN2O3S/c1-8-7-10(5-6-11(8)13)19(17,18)14-9(2)12(16)15(3)4/h5-7,9,14H,1-4H3. The van der Waals surface area contributed by atoms with Crippen molar-refractivity contribution < 1.29 is 13.2 Å². The molecule has 7 heteroatoms. The largest absolute Gasteiger partial charge is 0.347 e. The summed E-state index contributed by atoms with van der Waals surface area (Å²) >= 11 is 3.31. The van der Waals surface area contributed by atoms with Gasteiger partial charge in [0.1, 0.15) is 0 Å². The van der Waals surface area contributed by atoms with Crippen molar-refractivity contribution in [3.05, 3.63) is 28.2 Å². The summed E-state index contributed by atoms with van der Waals surface area (Å²) in [5.41, 5.74) is 0.814. The van der Waals surface area contributed by atoms with Crippen molar-refractivity contribution in [2.45, 2.75) is 24.8 Å². The third kappa shape index (κ3) is 4.02. The van der Waals surface area contributed by atoms with Crippen LogP contribution in [0.3, 0.4) is 0 Å². The number of hydrogen-bond acceptors (Lipinski definition) is 3. The normalized spacial score (nSPS) is 13.1. The van der Waals surface area contributed by atoms with Gasteiger partial charge in [0.15, 0.2) is 0 Å². The Kier molecular flexibility index (Phi) is 5.11. The number of nitrogens with zero attached hydrogens (tertiary/aromatic N) is 1. The van der Waals surface area contributed by atoms with E-state index in [1.54, 1.807) is 33.2 Å². The number of amides is 1. The molecule has 0 radical (unpaired) electrons. The minimum Gasteiger partial charge on any atom is -0.347 e. The number of carbonyl (C=O) groups is 1. The molecular weight excluding hydrogens is 332 g/mol. The molecule has 1 unspecified atom stereocenters. The van der Waals surface area contributed by atoms with E-state index in [1.165, 1.54) is 17.9 Å². The molecule has 1 N–H and O–H groups in total. The molecule has 0 saturated heterocycles. The molecule has 1 rings (SSSR count). The molecule has 0 saturated carbocycles. The molecule has 0 spiro atoms. The first-order valence-corrected chi connectivity index (χ1v) is 7.92. The van der Waals surface area contributed by atoms with E-state index in [0.717, 1.165) is 10.0 Å². The minimum absolute atomic E-state index is 0.145. The van der Waals surface area contributed by atoms with Crippen LogP contribution in [0.15, 0.2) is 27.6 Å². The second kappa shape index (κ2) is 6.02. The van der Waals surface area contributed by atoms with Gasteiger partial charge < -0.3 is 4.90 Å². The van der Waals surface area contributed by atoms with Gasteiger partial charge in [0.2, 0.25) is 15.9 Å². The fourth-order valence-corrected chi connectivity index (χ4v) is 3.05. The topological polar surface area (TPSA) is 66.5 Å². The third-order valence-corrected chi connectivity index (χ3v) is 5.01. The molecule has 1 aromatic carbocycles. The van der Waals surface area contributed by atoms with E-state index in [9.17, 15) is 13.2 Å². The lowest BCUT2D eigenvalue weighted by atomic mass is 10.2. The van der Waals surface area contributed by atoms with Gasteiger partial charge in [-0.25, -0.2) is 8.42 Å². The van der Waals surface area contributed by atoms with Gasteiger partial charge >= 0.3 is 0 Å². The molecule has 1 aromatic rings. The first-order chi connectivity index (χ1) is 8.65. The Bertz CT molecular complexity index is 585. The summed E-state index contributed by atoms with van der Waals surface area (Å²) in [6.45, 7) is 3.32. The van der Waals surface area contributed by atoms with Gasteiger partial charge in [0.25, 0.3) is 0 Å². The molecule has 0 aliphatic carbocycles. The Morgan fingerprint density at radius 1 is 1.37 bits per heavy atom. The van der Waals surface area contributed by atoms with Crippen molar-refractivity contribution in [3.8, 4) is 0 Å². The zero-order valence-electron chi connectivity index (χ0n) is 11.3. The lowest BCUT2D eigenvalue weighted by Crippen LogP contribution is -2.44. The fraction of sp³-hybridized carbons (Fsp3) is 0.417. The second-order valence-electron chi connectivity index (χ2n) is 4.49. The van der Waals surface area contributed by atoms with Crippen LogP contribution in [0.1, 0.15) is 12.5 Å². The number of benzene rings is 1. The lowest BCUT2D eigenvalue weighted by molar-refractivity contribution is -0.130. The van der Waals surface area contributed by atoms with E-state index in [0.29, 0.717) is 0 Å². The Labute approximate surface area is 122 Å². The van der Waals surface area contributed by atoms with E-state index >= 15 is 0 Å². The molecule has 0 aromatic heterocycles. The van der Waals surface area contributed by atoms with E-state index in [2.05, 4.69) is 20.7 Å². The smallest absolute Gasteiger partial charge is 0.241 e. The first-order valence-electron chi connectivity index (χ1n) is 5.65. The van der Waals surface area contributed by atoms with Crippen LogP contribution in [0.5, 0.6) is 0 Å². The number of sulfonamides is 1. The summed E-state index contributed by atoms with van der Waals surface area (Å²) in [4.78, 5) is 13.2. The van der Waals surface area contributed by atoms with Crippen LogP contribution in [0.2, 0.25) is 0 Å². The van der Waals surface area contributed by atoms with E-state index in [-0.39, 0.29) is 10.8 Å². The monoisotopic (exact) mass is 348 g/mol. The Morgan fingerprint density at radius 3 is 2.42 bits per heavy atom. The van der Waals surface area contributed by atoms with Gasteiger partial charge in [-0.1, -0.05) is 15.9 Å². The first kappa shape index (κ1) is 16.1. The van der Waals surface area contributed by atoms with Gasteiger partial charge in [0, 0.05) is 18.6 Å². The van der Waals surface area contributed by atoms with Gasteiger partial charge in [-0.15, -0.1) is 0 Å². The Balaban J connectivity index is 2.99. The van der Waals surface area contributed by atoms with Gasteiger partial charge in [0.05, 0.1) is 10.9 Å². The predicted molar refractivity (Wildman–Crippen MR) is 77.4 cm³/mol. The van der Waals surface area contributed by atoms with E-state index in [4.69, 9.17) is 0 Å². The predicted octanol–water partition coefficient (Wildman–Crippen LogP) is 1.51. The highest BCUT2D eigenvalue weighted by Gasteiger charge is 2.23. The third-order valence-electron chi connectivity index (χ3n) is 2.58. The molecule has 0 fully saturated rings. The number of likely N-dealkylation sites (N-methyl/N-ethyl adjacent to an activating group) is 1. The van der Waals surface area contributed by atoms with Crippen molar-refractivity contribution in [2.75, 3.05) is 14.1 Å². The SMILES string of the molecule is Cc1cc(S(=O)(=O)NC(C)C(=O)N(C)C)ccc1Br. The summed E-state index contributed by atoms with van der Waals surface area (Å²) < 4.78 is 27.5. The summed E-state index contributed by atoms with van der Waals surface area (Å²) in [5.74, 6) is -0.294. The maximum absolute atomic E-state index is 12.1. The highest BCUT2D eigenvalue weighted by Crippen LogP contribution is 2.20. The molecule has 106 valence electrons. The lowest BCUT2D eigenvalue weighted by Gasteiger charge is -2.18. The van der Waals surface area contributed by atoms with Crippen molar-refractivity contribution in [1.82, 2.24) is 9.62 Å². The maximum Gasteiger partial charge on any atom is 0.241 e. The summed E-state index contributed by atoms with van der Waals surface area (Å²) in [6, 6.07) is 3.91. The number of hydrogen-bond donors (Lipinski definition) is 1. The Morgan fingerprint density at radius 2 is 1.95 bits per heavy atom. The van der Waals surface area contributed by atoms with Crippen molar-refractivity contribution in [3.63, 3.8) is 0 Å². The quantitative estimate of drug-likeness (QED) is 0.896. The molecule has 19 heavy (non-hydrogen) atoms. The van der Waals surface area contributed by atoms with Gasteiger partial charge in [-0.05, 0) is 37.6 Å². The molecule has 1 atom stereocenters. The van der Waals surface area contributed by atoms with Gasteiger partial charge in [-0.2, -0.15) is 4.72 Å². The van der Waals surface area contributed by atoms with Crippen LogP contribution in [0.25, 0.3) is 0 Å². The Hall–Kier alpha value is -0.920. The van der Waals surface area contributed by atoms with Crippen molar-refractivity contribution in [1.29, 1.82) is 0 Å². The average molecular weight is 349 g/mol. The number of carbonyl (C=O) groups excluding carboxylic acids is 1. The van der Waals surface area contributed by atoms with E-state index in [1.807, 2.05) is 0 Å². The molecule has 1 amide bonds. The molecular formula is C12H17BrN2O3S. The number of nitrogens with one attached hydrogen (secondary N) is 1. The van der Waals surface area contributed by atoms with Crippen molar-refractivity contribution >= 4 is 31.9 Å². The highest BCUT2D eigenvalue weighted by atomic mass is 79.9. The number of rotatable bonds is 4. The number of aryl methyl sites for hydroxylation is 1. The van der Waals surface area contributed by atoms with Crippen LogP contribution in [-0.2, 0) is 14.8 Å². The minimum atomic E-state index is -3.70. The van der Waals surface area contributed by atoms with Crippen LogP contribution >= 0.6 is 15.9 Å². The molecule has 0 heterocycles. The van der Waals surface area contributed by atoms with Gasteiger partial charge in [-0.3, -0.25) is 4.79 Å². The maximum atomic E-state index is 12.1. The summed E-state index contributed by atoms with van der Waals surface area (Å²) in [6.07, 6.45) is 0.